The van der Waals surface area contributed by atoms with Gasteiger partial charge in [0.25, 0.3) is 0 Å². The molecule has 0 spiro atoms. The maximum atomic E-state index is 4.25. The van der Waals surface area contributed by atoms with E-state index in [1.165, 1.54) is 31.4 Å². The first-order chi connectivity index (χ1) is 6.86. The van der Waals surface area contributed by atoms with Crippen molar-refractivity contribution < 1.29 is 0 Å². The Labute approximate surface area is 85.3 Å². The number of hydrogen-bond acceptors (Lipinski definition) is 2. The summed E-state index contributed by atoms with van der Waals surface area (Å²) in [5, 5.41) is 3.45. The fraction of sp³-hybridized carbons (Fsp3) is 0.727. The lowest BCUT2D eigenvalue weighted by Gasteiger charge is -2.25. The molecule has 1 heterocycles. The van der Waals surface area contributed by atoms with Crippen molar-refractivity contribution in [1.82, 2.24) is 15.3 Å². The number of H-pyrrole nitrogens is 1. The van der Waals surface area contributed by atoms with Crippen LogP contribution < -0.4 is 5.32 Å². The molecular formula is C11H19N3. The van der Waals surface area contributed by atoms with Crippen LogP contribution in [-0.4, -0.2) is 16.5 Å². The molecule has 0 aromatic carbocycles. The van der Waals surface area contributed by atoms with Crippen LogP contribution in [0.1, 0.15) is 37.1 Å². The van der Waals surface area contributed by atoms with Gasteiger partial charge in [0.15, 0.2) is 0 Å². The number of aromatic nitrogens is 2. The maximum Gasteiger partial charge on any atom is 0.0925 e. The van der Waals surface area contributed by atoms with E-state index >= 15 is 0 Å². The zero-order valence-corrected chi connectivity index (χ0v) is 8.84. The van der Waals surface area contributed by atoms with Gasteiger partial charge in [0.05, 0.1) is 12.0 Å². The number of aryl methyl sites for hydroxylation is 1. The third-order valence-electron chi connectivity index (χ3n) is 3.18. The van der Waals surface area contributed by atoms with Gasteiger partial charge in [-0.1, -0.05) is 19.3 Å². The Morgan fingerprint density at radius 1 is 1.57 bits per heavy atom. The summed E-state index contributed by atoms with van der Waals surface area (Å²) >= 11 is 0. The molecule has 3 heteroatoms. The highest BCUT2D eigenvalue weighted by atomic mass is 14.9. The van der Waals surface area contributed by atoms with Crippen LogP contribution in [0.2, 0.25) is 0 Å². The number of hydrogen-bond donors (Lipinski definition) is 2. The molecule has 2 N–H and O–H groups in total. The highest BCUT2D eigenvalue weighted by Crippen LogP contribution is 2.28. The number of imidazole rings is 1. The zero-order valence-electron chi connectivity index (χ0n) is 8.84. The first-order valence-corrected chi connectivity index (χ1v) is 5.56. The van der Waals surface area contributed by atoms with Crippen molar-refractivity contribution >= 4 is 0 Å². The molecule has 1 aliphatic rings. The van der Waals surface area contributed by atoms with Gasteiger partial charge < -0.3 is 10.3 Å². The van der Waals surface area contributed by atoms with Crippen LogP contribution in [0.15, 0.2) is 6.33 Å². The summed E-state index contributed by atoms with van der Waals surface area (Å²) in [4.78, 5) is 7.34. The SMILES string of the molecule is Cc1[nH]cnc1CNCCC1CCC1. The van der Waals surface area contributed by atoms with Gasteiger partial charge in [-0.05, 0) is 25.8 Å². The van der Waals surface area contributed by atoms with Crippen molar-refractivity contribution in [3.8, 4) is 0 Å². The van der Waals surface area contributed by atoms with E-state index in [0.29, 0.717) is 0 Å². The van der Waals surface area contributed by atoms with Gasteiger partial charge >= 0.3 is 0 Å². The van der Waals surface area contributed by atoms with Crippen LogP contribution >= 0.6 is 0 Å². The molecule has 0 bridgehead atoms. The van der Waals surface area contributed by atoms with Crippen molar-refractivity contribution in [2.24, 2.45) is 5.92 Å². The van der Waals surface area contributed by atoms with E-state index < -0.39 is 0 Å². The molecule has 14 heavy (non-hydrogen) atoms. The molecular weight excluding hydrogens is 174 g/mol. The average Bonchev–Trinajstić information content (AvgIpc) is 2.48. The van der Waals surface area contributed by atoms with Crippen LogP contribution in [0.5, 0.6) is 0 Å². The van der Waals surface area contributed by atoms with Gasteiger partial charge in [0, 0.05) is 12.2 Å². The van der Waals surface area contributed by atoms with Crippen molar-refractivity contribution in [3.63, 3.8) is 0 Å². The Kier molecular flexibility index (Phi) is 3.19. The van der Waals surface area contributed by atoms with Gasteiger partial charge in [-0.2, -0.15) is 0 Å². The minimum Gasteiger partial charge on any atom is -0.348 e. The second kappa shape index (κ2) is 4.60. The summed E-state index contributed by atoms with van der Waals surface area (Å²) in [6.45, 7) is 4.11. The molecule has 78 valence electrons. The van der Waals surface area contributed by atoms with Gasteiger partial charge in [-0.3, -0.25) is 0 Å². The Morgan fingerprint density at radius 3 is 3.00 bits per heavy atom. The third kappa shape index (κ3) is 2.35. The average molecular weight is 193 g/mol. The summed E-state index contributed by atoms with van der Waals surface area (Å²) in [6.07, 6.45) is 7.44. The predicted molar refractivity (Wildman–Crippen MR) is 57.0 cm³/mol. The minimum atomic E-state index is 0.905. The lowest BCUT2D eigenvalue weighted by atomic mass is 9.83. The largest absolute Gasteiger partial charge is 0.348 e. The molecule has 0 radical (unpaired) electrons. The molecule has 1 saturated carbocycles. The molecule has 0 saturated heterocycles. The molecule has 0 atom stereocenters. The van der Waals surface area contributed by atoms with E-state index in [-0.39, 0.29) is 0 Å². The smallest absolute Gasteiger partial charge is 0.0925 e. The number of nitrogens with zero attached hydrogens (tertiary/aromatic N) is 1. The molecule has 1 aromatic rings. The van der Waals surface area contributed by atoms with Crippen molar-refractivity contribution in [2.45, 2.75) is 39.2 Å². The van der Waals surface area contributed by atoms with E-state index in [1.54, 1.807) is 6.33 Å². The van der Waals surface area contributed by atoms with Crippen LogP contribution in [-0.2, 0) is 6.54 Å². The minimum absolute atomic E-state index is 0.905. The van der Waals surface area contributed by atoms with E-state index in [0.717, 1.165) is 24.7 Å². The number of aromatic amines is 1. The van der Waals surface area contributed by atoms with Gasteiger partial charge in [0.2, 0.25) is 0 Å². The van der Waals surface area contributed by atoms with Crippen LogP contribution in [0.3, 0.4) is 0 Å². The normalized spacial score (nSPS) is 16.9. The summed E-state index contributed by atoms with van der Waals surface area (Å²) < 4.78 is 0. The van der Waals surface area contributed by atoms with Crippen LogP contribution in [0.4, 0.5) is 0 Å². The molecule has 0 unspecified atom stereocenters. The fourth-order valence-corrected chi connectivity index (χ4v) is 1.86. The quantitative estimate of drug-likeness (QED) is 0.702. The lowest BCUT2D eigenvalue weighted by molar-refractivity contribution is 0.292. The summed E-state index contributed by atoms with van der Waals surface area (Å²) in [5.74, 6) is 1.00. The molecule has 1 aliphatic carbocycles. The van der Waals surface area contributed by atoms with E-state index in [1.807, 2.05) is 0 Å². The first kappa shape index (κ1) is 9.71. The zero-order chi connectivity index (χ0) is 9.80. The van der Waals surface area contributed by atoms with E-state index in [2.05, 4.69) is 22.2 Å². The Hall–Kier alpha value is -0.830. The Morgan fingerprint density at radius 2 is 2.43 bits per heavy atom. The molecule has 0 aliphatic heterocycles. The maximum absolute atomic E-state index is 4.25. The van der Waals surface area contributed by atoms with Gasteiger partial charge in [0.1, 0.15) is 0 Å². The van der Waals surface area contributed by atoms with E-state index in [9.17, 15) is 0 Å². The monoisotopic (exact) mass is 193 g/mol. The van der Waals surface area contributed by atoms with Gasteiger partial charge in [-0.15, -0.1) is 0 Å². The fourth-order valence-electron chi connectivity index (χ4n) is 1.86. The van der Waals surface area contributed by atoms with Crippen molar-refractivity contribution in [2.75, 3.05) is 6.54 Å². The molecule has 0 amide bonds. The van der Waals surface area contributed by atoms with Crippen molar-refractivity contribution in [3.05, 3.63) is 17.7 Å². The first-order valence-electron chi connectivity index (χ1n) is 5.56. The van der Waals surface area contributed by atoms with Crippen LogP contribution in [0.25, 0.3) is 0 Å². The molecule has 3 nitrogen and oxygen atoms in total. The topological polar surface area (TPSA) is 40.7 Å². The third-order valence-corrected chi connectivity index (χ3v) is 3.18. The summed E-state index contributed by atoms with van der Waals surface area (Å²) in [7, 11) is 0. The summed E-state index contributed by atoms with van der Waals surface area (Å²) in [5.41, 5.74) is 2.33. The molecule has 1 fully saturated rings. The Bertz CT molecular complexity index is 276. The van der Waals surface area contributed by atoms with E-state index in [4.69, 9.17) is 0 Å². The molecule has 1 aromatic heterocycles. The number of nitrogens with one attached hydrogen (secondary N) is 2. The predicted octanol–water partition coefficient (Wildman–Crippen LogP) is 2.00. The number of rotatable bonds is 5. The Balaban J connectivity index is 1.60. The summed E-state index contributed by atoms with van der Waals surface area (Å²) in [6, 6.07) is 0. The highest BCUT2D eigenvalue weighted by molar-refractivity contribution is 5.07. The van der Waals surface area contributed by atoms with Gasteiger partial charge in [-0.25, -0.2) is 4.98 Å². The highest BCUT2D eigenvalue weighted by Gasteiger charge is 2.16. The standard InChI is InChI=1S/C11H19N3/c1-9-11(14-8-13-9)7-12-6-5-10-3-2-4-10/h8,10,12H,2-7H2,1H3,(H,13,14). The second-order valence-electron chi connectivity index (χ2n) is 4.24. The second-order valence-corrected chi connectivity index (χ2v) is 4.24. The van der Waals surface area contributed by atoms with Crippen molar-refractivity contribution in [1.29, 1.82) is 0 Å². The lowest BCUT2D eigenvalue weighted by Crippen LogP contribution is -2.21. The van der Waals surface area contributed by atoms with Crippen LogP contribution in [0, 0.1) is 12.8 Å². The molecule has 2 rings (SSSR count).